The van der Waals surface area contributed by atoms with Gasteiger partial charge in [-0.2, -0.15) is 13.2 Å². The maximum atomic E-state index is 12.5. The van der Waals surface area contributed by atoms with Crippen LogP contribution in [0.5, 0.6) is 0 Å². The molecule has 0 fully saturated rings. The molecule has 25 heavy (non-hydrogen) atoms. The van der Waals surface area contributed by atoms with Gasteiger partial charge in [-0.3, -0.25) is 9.59 Å². The molecule has 4 nitrogen and oxygen atoms in total. The zero-order chi connectivity index (χ0) is 18.6. The Labute approximate surface area is 150 Å². The van der Waals surface area contributed by atoms with Crippen molar-refractivity contribution in [1.82, 2.24) is 5.32 Å². The average molecular weight is 415 g/mol. The number of alkyl halides is 3. The number of amides is 2. The maximum Gasteiger partial charge on any atom is 0.416 e. The summed E-state index contributed by atoms with van der Waals surface area (Å²) < 4.78 is 38.3. The lowest BCUT2D eigenvalue weighted by atomic mass is 10.1. The van der Waals surface area contributed by atoms with Crippen molar-refractivity contribution in [2.24, 2.45) is 0 Å². The second kappa shape index (κ2) is 7.69. The van der Waals surface area contributed by atoms with Gasteiger partial charge in [0.1, 0.15) is 0 Å². The highest BCUT2D eigenvalue weighted by Crippen LogP contribution is 2.29. The van der Waals surface area contributed by atoms with E-state index in [9.17, 15) is 22.8 Å². The van der Waals surface area contributed by atoms with E-state index in [1.54, 1.807) is 18.2 Å². The molecule has 2 amide bonds. The van der Waals surface area contributed by atoms with E-state index >= 15 is 0 Å². The molecule has 0 radical (unpaired) electrons. The molecular weight excluding hydrogens is 401 g/mol. The molecule has 0 heterocycles. The number of benzene rings is 2. The zero-order valence-corrected chi connectivity index (χ0v) is 14.7. The number of aryl methyl sites for hydroxylation is 1. The van der Waals surface area contributed by atoms with Crippen LogP contribution in [-0.4, -0.2) is 18.4 Å². The Bertz CT molecular complexity index is 789. The molecule has 2 rings (SSSR count). The van der Waals surface area contributed by atoms with Gasteiger partial charge >= 0.3 is 6.18 Å². The predicted octanol–water partition coefficient (Wildman–Crippen LogP) is 4.14. The maximum absolute atomic E-state index is 12.5. The van der Waals surface area contributed by atoms with Gasteiger partial charge < -0.3 is 10.6 Å². The minimum absolute atomic E-state index is 0.0419. The quantitative estimate of drug-likeness (QED) is 0.789. The number of carbonyl (C=O) groups is 2. The Kier molecular flexibility index (Phi) is 5.84. The van der Waals surface area contributed by atoms with Gasteiger partial charge in [0.25, 0.3) is 5.91 Å². The van der Waals surface area contributed by atoms with Gasteiger partial charge in [-0.15, -0.1) is 0 Å². The van der Waals surface area contributed by atoms with Crippen LogP contribution in [0, 0.1) is 6.92 Å². The van der Waals surface area contributed by atoms with Gasteiger partial charge in [-0.1, -0.05) is 15.9 Å². The molecule has 0 aliphatic carbocycles. The number of halogens is 4. The smallest absolute Gasteiger partial charge is 0.343 e. The molecule has 0 atom stereocenters. The van der Waals surface area contributed by atoms with E-state index in [-0.39, 0.29) is 12.1 Å². The first-order chi connectivity index (χ1) is 11.7. The fourth-order valence-corrected chi connectivity index (χ4v) is 2.25. The van der Waals surface area contributed by atoms with Crippen LogP contribution in [0.4, 0.5) is 18.9 Å². The lowest BCUT2D eigenvalue weighted by molar-refractivity contribution is -0.137. The highest BCUT2D eigenvalue weighted by Gasteiger charge is 2.30. The molecule has 0 saturated heterocycles. The largest absolute Gasteiger partial charge is 0.416 e. The van der Waals surface area contributed by atoms with E-state index in [4.69, 9.17) is 0 Å². The van der Waals surface area contributed by atoms with Crippen molar-refractivity contribution in [1.29, 1.82) is 0 Å². The topological polar surface area (TPSA) is 58.2 Å². The van der Waals surface area contributed by atoms with Gasteiger partial charge in [0.05, 0.1) is 12.1 Å². The summed E-state index contributed by atoms with van der Waals surface area (Å²) in [6, 6.07) is 9.01. The fourth-order valence-electron chi connectivity index (χ4n) is 2.00. The van der Waals surface area contributed by atoms with Crippen molar-refractivity contribution in [2.45, 2.75) is 13.1 Å². The monoisotopic (exact) mass is 414 g/mol. The minimum Gasteiger partial charge on any atom is -0.343 e. The molecule has 0 unspecified atom stereocenters. The number of rotatable bonds is 4. The van der Waals surface area contributed by atoms with Crippen molar-refractivity contribution < 1.29 is 22.8 Å². The molecule has 2 aromatic rings. The summed E-state index contributed by atoms with van der Waals surface area (Å²) in [4.78, 5) is 23.7. The van der Waals surface area contributed by atoms with Gasteiger partial charge in [-0.05, 0) is 55.0 Å². The van der Waals surface area contributed by atoms with Gasteiger partial charge in [-0.25, -0.2) is 0 Å². The first-order valence-electron chi connectivity index (χ1n) is 7.18. The van der Waals surface area contributed by atoms with Crippen molar-refractivity contribution in [3.8, 4) is 0 Å². The second-order valence-corrected chi connectivity index (χ2v) is 6.12. The van der Waals surface area contributed by atoms with Crippen molar-refractivity contribution in [3.05, 3.63) is 63.6 Å². The third kappa shape index (κ3) is 5.32. The predicted molar refractivity (Wildman–Crippen MR) is 91.3 cm³/mol. The molecule has 0 aliphatic heterocycles. The van der Waals surface area contributed by atoms with Crippen LogP contribution >= 0.6 is 15.9 Å². The first-order valence-corrected chi connectivity index (χ1v) is 7.97. The van der Waals surface area contributed by atoms with Crippen LogP contribution in [0.3, 0.4) is 0 Å². The van der Waals surface area contributed by atoms with E-state index in [1.807, 2.05) is 6.92 Å². The zero-order valence-electron chi connectivity index (χ0n) is 13.1. The van der Waals surface area contributed by atoms with Crippen molar-refractivity contribution in [3.63, 3.8) is 0 Å². The molecule has 0 spiro atoms. The summed E-state index contributed by atoms with van der Waals surface area (Å²) in [6.45, 7) is 1.57. The Morgan fingerprint density at radius 2 is 1.72 bits per heavy atom. The SMILES string of the molecule is Cc1cc(NC(=O)CNC(=O)c2ccc(C(F)(F)F)cc2)ccc1Br. The van der Waals surface area contributed by atoms with E-state index in [0.717, 1.165) is 34.3 Å². The fraction of sp³-hybridized carbons (Fsp3) is 0.176. The minimum atomic E-state index is -4.46. The molecule has 8 heteroatoms. The van der Waals surface area contributed by atoms with Crippen LogP contribution in [0.2, 0.25) is 0 Å². The number of carbonyl (C=O) groups excluding carboxylic acids is 2. The molecule has 2 N–H and O–H groups in total. The third-order valence-corrected chi connectivity index (χ3v) is 4.22. The van der Waals surface area contributed by atoms with E-state index in [0.29, 0.717) is 5.69 Å². The summed E-state index contributed by atoms with van der Waals surface area (Å²) in [5.74, 6) is -1.07. The van der Waals surface area contributed by atoms with Crippen LogP contribution < -0.4 is 10.6 Å². The summed E-state index contributed by atoms with van der Waals surface area (Å²) in [5, 5.41) is 4.98. The molecular formula is C17H14BrF3N2O2. The Hall–Kier alpha value is -2.35. The normalized spacial score (nSPS) is 11.1. The van der Waals surface area contributed by atoms with E-state index < -0.39 is 23.6 Å². The van der Waals surface area contributed by atoms with Gasteiger partial charge in [0.15, 0.2) is 0 Å². The lowest BCUT2D eigenvalue weighted by Gasteiger charge is -2.09. The van der Waals surface area contributed by atoms with Crippen LogP contribution in [0.1, 0.15) is 21.5 Å². The number of nitrogens with one attached hydrogen (secondary N) is 2. The van der Waals surface area contributed by atoms with Crippen LogP contribution in [0.15, 0.2) is 46.9 Å². The van der Waals surface area contributed by atoms with Gasteiger partial charge in [0.2, 0.25) is 5.91 Å². The van der Waals surface area contributed by atoms with Crippen LogP contribution in [-0.2, 0) is 11.0 Å². The molecule has 132 valence electrons. The second-order valence-electron chi connectivity index (χ2n) is 5.27. The highest BCUT2D eigenvalue weighted by molar-refractivity contribution is 9.10. The summed E-state index contributed by atoms with van der Waals surface area (Å²) in [6.07, 6.45) is -4.46. The molecule has 0 bridgehead atoms. The first kappa shape index (κ1) is 19.0. The molecule has 0 aliphatic rings. The highest BCUT2D eigenvalue weighted by atomic mass is 79.9. The average Bonchev–Trinajstić information content (AvgIpc) is 2.55. The summed E-state index contributed by atoms with van der Waals surface area (Å²) in [5.41, 5.74) is 0.716. The summed E-state index contributed by atoms with van der Waals surface area (Å²) >= 11 is 3.35. The third-order valence-electron chi connectivity index (χ3n) is 3.33. The van der Waals surface area contributed by atoms with E-state index in [2.05, 4.69) is 26.6 Å². The number of hydrogen-bond donors (Lipinski definition) is 2. The molecule has 0 aromatic heterocycles. The van der Waals surface area contributed by atoms with Crippen LogP contribution in [0.25, 0.3) is 0 Å². The molecule has 0 saturated carbocycles. The van der Waals surface area contributed by atoms with E-state index in [1.165, 1.54) is 0 Å². The van der Waals surface area contributed by atoms with Crippen molar-refractivity contribution in [2.75, 3.05) is 11.9 Å². The molecule has 2 aromatic carbocycles. The number of anilines is 1. The van der Waals surface area contributed by atoms with Gasteiger partial charge in [0, 0.05) is 15.7 Å². The number of hydrogen-bond acceptors (Lipinski definition) is 2. The Morgan fingerprint density at radius 3 is 2.28 bits per heavy atom. The Balaban J connectivity index is 1.90. The standard InChI is InChI=1S/C17H14BrF3N2O2/c1-10-8-13(6-7-14(10)18)23-15(24)9-22-16(25)11-2-4-12(5-3-11)17(19,20)21/h2-8H,9H2,1H3,(H,22,25)(H,23,24). The lowest BCUT2D eigenvalue weighted by Crippen LogP contribution is -2.32. The Morgan fingerprint density at radius 1 is 1.08 bits per heavy atom. The van der Waals surface area contributed by atoms with Crippen molar-refractivity contribution >= 4 is 33.4 Å². The summed E-state index contributed by atoms with van der Waals surface area (Å²) in [7, 11) is 0.